The van der Waals surface area contributed by atoms with E-state index in [-0.39, 0.29) is 18.0 Å². The van der Waals surface area contributed by atoms with Gasteiger partial charge in [-0.3, -0.25) is 4.90 Å². The van der Waals surface area contributed by atoms with Crippen molar-refractivity contribution in [3.63, 3.8) is 0 Å². The molecule has 0 aromatic heterocycles. The van der Waals surface area contributed by atoms with E-state index < -0.39 is 15.8 Å². The van der Waals surface area contributed by atoms with Crippen molar-refractivity contribution in [1.82, 2.24) is 4.90 Å². The van der Waals surface area contributed by atoms with Crippen LogP contribution in [-0.2, 0) is 0 Å². The average molecular weight is 658 g/mol. The summed E-state index contributed by atoms with van der Waals surface area (Å²) in [7, 11) is 0.795. The van der Waals surface area contributed by atoms with Crippen LogP contribution in [0.4, 0.5) is 0 Å². The van der Waals surface area contributed by atoms with E-state index in [4.69, 9.17) is 0 Å². The molecule has 1 aliphatic rings. The van der Waals surface area contributed by atoms with Gasteiger partial charge in [0.2, 0.25) is 0 Å². The van der Waals surface area contributed by atoms with Crippen LogP contribution in [-0.4, -0.2) is 11.9 Å². The van der Waals surface area contributed by atoms with Crippen LogP contribution in [0.3, 0.4) is 0 Å². The Morgan fingerprint density at radius 3 is 1.42 bits per heavy atom. The van der Waals surface area contributed by atoms with E-state index in [1.165, 1.54) is 43.0 Å². The van der Waals surface area contributed by atoms with Crippen molar-refractivity contribution in [2.24, 2.45) is 5.92 Å². The monoisotopic (exact) mass is 657 g/mol. The topological polar surface area (TPSA) is 3.24 Å². The molecule has 1 nitrogen and oxygen atoms in total. The molecule has 0 radical (unpaired) electrons. The summed E-state index contributed by atoms with van der Waals surface area (Å²) in [5, 5.41) is 8.44. The fraction of sp³-hybridized carbons (Fsp3) is 0.111. The van der Waals surface area contributed by atoms with Gasteiger partial charge in [0.15, 0.2) is 0 Å². The van der Waals surface area contributed by atoms with Crippen LogP contribution in [0.2, 0.25) is 0 Å². The van der Waals surface area contributed by atoms with Gasteiger partial charge in [-0.15, -0.1) is 0 Å². The Labute approximate surface area is 288 Å². The number of allylic oxidation sites excluding steroid dienone is 2. The standard InChI is InChI=1S/C45H41NP2/c1-35(36-21-8-3-9-22-36)46(2)45(42-32-20-34-44(42)48(39-27-14-6-15-28-39)40-29-16-7-17-30-40)41-31-18-19-33-43(41)47(37-23-10-4-11-24-37)38-25-12-5-13-26-38/h3-35,42,45H,1-2H3/t35-,42?,45?/m0/s1. The third-order valence-electron chi connectivity index (χ3n) is 9.41. The van der Waals surface area contributed by atoms with E-state index in [1.54, 1.807) is 0 Å². The van der Waals surface area contributed by atoms with Crippen molar-refractivity contribution in [2.75, 3.05) is 7.05 Å². The highest BCUT2D eigenvalue weighted by Crippen LogP contribution is 2.54. The minimum atomic E-state index is -0.794. The molecular weight excluding hydrogens is 616 g/mol. The molecule has 0 spiro atoms. The Balaban J connectivity index is 1.42. The first-order chi connectivity index (χ1) is 23.7. The Bertz CT molecular complexity index is 1880. The first-order valence-corrected chi connectivity index (χ1v) is 19.4. The third-order valence-corrected chi connectivity index (χ3v) is 14.5. The molecule has 0 amide bonds. The van der Waals surface area contributed by atoms with Crippen molar-refractivity contribution in [2.45, 2.75) is 19.0 Å². The Morgan fingerprint density at radius 2 is 0.917 bits per heavy atom. The number of nitrogens with zero attached hydrogens (tertiary/aromatic N) is 1. The largest absolute Gasteiger partial charge is 0.292 e. The molecule has 0 saturated heterocycles. The van der Waals surface area contributed by atoms with Gasteiger partial charge in [-0.1, -0.05) is 194 Å². The Kier molecular flexibility index (Phi) is 10.2. The van der Waals surface area contributed by atoms with Gasteiger partial charge in [-0.2, -0.15) is 0 Å². The lowest BCUT2D eigenvalue weighted by atomic mass is 9.90. The van der Waals surface area contributed by atoms with Crippen LogP contribution in [0, 0.1) is 5.92 Å². The quantitative estimate of drug-likeness (QED) is 0.126. The molecular formula is C45H41NP2. The smallest absolute Gasteiger partial charge is 0.0461 e. The summed E-state index contributed by atoms with van der Waals surface area (Å²) >= 11 is 0. The lowest BCUT2D eigenvalue weighted by molar-refractivity contribution is 0.164. The highest BCUT2D eigenvalue weighted by atomic mass is 31.1. The second kappa shape index (κ2) is 15.2. The van der Waals surface area contributed by atoms with E-state index in [1.807, 2.05) is 0 Å². The lowest BCUT2D eigenvalue weighted by Gasteiger charge is -2.41. The molecule has 2 unspecified atom stereocenters. The van der Waals surface area contributed by atoms with Crippen molar-refractivity contribution < 1.29 is 0 Å². The predicted molar refractivity (Wildman–Crippen MR) is 210 cm³/mol. The molecule has 0 heterocycles. The molecule has 3 heteroatoms. The molecule has 7 rings (SSSR count). The van der Waals surface area contributed by atoms with Gasteiger partial charge in [0.25, 0.3) is 0 Å². The summed E-state index contributed by atoms with van der Waals surface area (Å²) in [6, 6.07) is 65.1. The fourth-order valence-electron chi connectivity index (χ4n) is 6.97. The first kappa shape index (κ1) is 32.2. The number of rotatable bonds is 11. The normalized spacial score (nSPS) is 15.5. The minimum absolute atomic E-state index is 0.108. The van der Waals surface area contributed by atoms with E-state index in [0.717, 1.165) is 0 Å². The summed E-state index contributed by atoms with van der Waals surface area (Å²) in [5.41, 5.74) is 2.73. The van der Waals surface area contributed by atoms with Crippen molar-refractivity contribution in [1.29, 1.82) is 0 Å². The van der Waals surface area contributed by atoms with Gasteiger partial charge in [-0.05, 0) is 72.8 Å². The molecule has 0 bridgehead atoms. The highest BCUT2D eigenvalue weighted by Gasteiger charge is 2.38. The molecule has 1 aliphatic carbocycles. The Hall–Kier alpha value is -4.38. The Morgan fingerprint density at radius 1 is 0.500 bits per heavy atom. The summed E-state index contributed by atoms with van der Waals surface area (Å²) in [4.78, 5) is 2.63. The molecule has 6 aromatic carbocycles. The zero-order chi connectivity index (χ0) is 32.7. The van der Waals surface area contributed by atoms with Gasteiger partial charge in [0.1, 0.15) is 0 Å². The van der Waals surface area contributed by atoms with Crippen LogP contribution >= 0.6 is 15.8 Å². The summed E-state index contributed by atoms with van der Waals surface area (Å²) in [6.07, 6.45) is 7.21. The van der Waals surface area contributed by atoms with Crippen LogP contribution in [0.5, 0.6) is 0 Å². The van der Waals surface area contributed by atoms with E-state index in [9.17, 15) is 0 Å². The lowest BCUT2D eigenvalue weighted by Crippen LogP contribution is -2.37. The number of hydrogen-bond acceptors (Lipinski definition) is 1. The molecule has 0 saturated carbocycles. The number of benzene rings is 6. The fourth-order valence-corrected chi connectivity index (χ4v) is 12.1. The van der Waals surface area contributed by atoms with Crippen LogP contribution in [0.25, 0.3) is 0 Å². The molecule has 3 atom stereocenters. The maximum absolute atomic E-state index is 2.63. The van der Waals surface area contributed by atoms with Crippen molar-refractivity contribution in [3.05, 3.63) is 211 Å². The highest BCUT2D eigenvalue weighted by molar-refractivity contribution is 7.80. The van der Waals surface area contributed by atoms with Crippen molar-refractivity contribution >= 4 is 42.4 Å². The van der Waals surface area contributed by atoms with Gasteiger partial charge >= 0.3 is 0 Å². The second-order valence-electron chi connectivity index (χ2n) is 12.3. The number of hydrogen-bond donors (Lipinski definition) is 0. The van der Waals surface area contributed by atoms with Crippen LogP contribution in [0.1, 0.15) is 30.1 Å². The SMILES string of the molecule is C[C@@H](c1ccccc1)N(C)C(c1ccccc1P(c1ccccc1)c1ccccc1)C1C=CC=C1P(c1ccccc1)c1ccccc1. The van der Waals surface area contributed by atoms with Gasteiger partial charge in [-0.25, -0.2) is 0 Å². The summed E-state index contributed by atoms with van der Waals surface area (Å²) in [5.74, 6) is 0.192. The van der Waals surface area contributed by atoms with Crippen LogP contribution < -0.4 is 26.5 Å². The van der Waals surface area contributed by atoms with Crippen LogP contribution in [0.15, 0.2) is 199 Å². The minimum Gasteiger partial charge on any atom is -0.292 e. The summed E-state index contributed by atoms with van der Waals surface area (Å²) < 4.78 is 0. The van der Waals surface area contributed by atoms with Gasteiger partial charge in [0, 0.05) is 18.0 Å². The van der Waals surface area contributed by atoms with E-state index >= 15 is 0 Å². The maximum atomic E-state index is 2.63. The molecule has 6 aromatic rings. The molecule has 0 N–H and O–H groups in total. The van der Waals surface area contributed by atoms with Gasteiger partial charge < -0.3 is 0 Å². The predicted octanol–water partition coefficient (Wildman–Crippen LogP) is 9.38. The molecule has 0 aliphatic heterocycles. The molecule has 0 fully saturated rings. The maximum Gasteiger partial charge on any atom is 0.0461 e. The zero-order valence-corrected chi connectivity index (χ0v) is 29.3. The average Bonchev–Trinajstić information content (AvgIpc) is 3.63. The van der Waals surface area contributed by atoms with Gasteiger partial charge in [0.05, 0.1) is 0 Å². The molecule has 236 valence electrons. The van der Waals surface area contributed by atoms with E-state index in [0.29, 0.717) is 0 Å². The third kappa shape index (κ3) is 6.78. The first-order valence-electron chi connectivity index (χ1n) is 16.8. The second-order valence-corrected chi connectivity index (χ2v) is 16.7. The van der Waals surface area contributed by atoms with Crippen molar-refractivity contribution in [3.8, 4) is 0 Å². The summed E-state index contributed by atoms with van der Waals surface area (Å²) in [6.45, 7) is 2.36. The molecule has 48 heavy (non-hydrogen) atoms. The van der Waals surface area contributed by atoms with E-state index in [2.05, 4.69) is 213 Å². The zero-order valence-electron chi connectivity index (χ0n) is 27.5.